The number of hydrogen-bond donors (Lipinski definition) is 2. The van der Waals surface area contributed by atoms with Gasteiger partial charge in [-0.15, -0.1) is 4.91 Å². The summed E-state index contributed by atoms with van der Waals surface area (Å²) in [4.78, 5) is 29.9. The molecule has 1 atom stereocenters. The number of primary amides is 1. The molecule has 1 unspecified atom stereocenters. The SMILES string of the molecule is CC(C)(C)C1CCc2nc3c(N=O)c(C(N)=O)[nH]c3cc2C1. The standard InChI is InChI=1S/C16H20N4O2/c1-16(2,3)9-4-5-10-8(6-9)7-11-12(18-10)13(20-22)14(19-11)15(17)21/h7,9,19H,4-6H2,1-3H3,(H2,17,21). The average Bonchev–Trinajstić information content (AvgIpc) is 2.80. The Morgan fingerprint density at radius 2 is 2.18 bits per heavy atom. The lowest BCUT2D eigenvalue weighted by atomic mass is 9.71. The van der Waals surface area contributed by atoms with Crippen molar-refractivity contribution in [3.8, 4) is 0 Å². The molecule has 0 fully saturated rings. The summed E-state index contributed by atoms with van der Waals surface area (Å²) in [5.74, 6) is -0.105. The Labute approximate surface area is 128 Å². The molecule has 6 heteroatoms. The summed E-state index contributed by atoms with van der Waals surface area (Å²) in [6, 6.07) is 1.98. The van der Waals surface area contributed by atoms with Gasteiger partial charge in [-0.2, -0.15) is 0 Å². The summed E-state index contributed by atoms with van der Waals surface area (Å²) in [6.45, 7) is 6.76. The first-order valence-corrected chi connectivity index (χ1v) is 7.49. The number of carbonyl (C=O) groups is 1. The summed E-state index contributed by atoms with van der Waals surface area (Å²) >= 11 is 0. The van der Waals surface area contributed by atoms with Gasteiger partial charge in [0.2, 0.25) is 0 Å². The molecule has 2 aromatic rings. The molecule has 0 saturated carbocycles. The second-order valence-electron chi connectivity index (χ2n) is 7.10. The van der Waals surface area contributed by atoms with Crippen LogP contribution in [0.2, 0.25) is 0 Å². The van der Waals surface area contributed by atoms with E-state index in [0.717, 1.165) is 25.0 Å². The van der Waals surface area contributed by atoms with Crippen LogP contribution >= 0.6 is 0 Å². The van der Waals surface area contributed by atoms with E-state index in [1.54, 1.807) is 0 Å². The third kappa shape index (κ3) is 2.28. The van der Waals surface area contributed by atoms with Crippen LogP contribution in [-0.2, 0) is 12.8 Å². The zero-order valence-electron chi connectivity index (χ0n) is 13.1. The van der Waals surface area contributed by atoms with Crippen LogP contribution in [0.15, 0.2) is 11.2 Å². The van der Waals surface area contributed by atoms with Crippen molar-refractivity contribution in [3.05, 3.63) is 27.9 Å². The van der Waals surface area contributed by atoms with Crippen LogP contribution in [0.1, 0.15) is 48.9 Å². The van der Waals surface area contributed by atoms with Crippen LogP contribution < -0.4 is 5.73 Å². The van der Waals surface area contributed by atoms with E-state index in [0.29, 0.717) is 17.0 Å². The Morgan fingerprint density at radius 3 is 2.77 bits per heavy atom. The Balaban J connectivity index is 2.12. The minimum atomic E-state index is -0.696. The molecule has 1 aliphatic carbocycles. The van der Waals surface area contributed by atoms with Crippen molar-refractivity contribution in [1.29, 1.82) is 0 Å². The summed E-state index contributed by atoms with van der Waals surface area (Å²) in [6.07, 6.45) is 2.91. The summed E-state index contributed by atoms with van der Waals surface area (Å²) in [5.41, 5.74) is 8.85. The Bertz CT molecular complexity index is 771. The van der Waals surface area contributed by atoms with Gasteiger partial charge in [0.1, 0.15) is 11.2 Å². The van der Waals surface area contributed by atoms with Gasteiger partial charge in [-0.25, -0.2) is 4.98 Å². The molecule has 1 aliphatic rings. The topological polar surface area (TPSA) is 101 Å². The normalized spacial score (nSPS) is 18.2. The Hall–Kier alpha value is -2.24. The van der Waals surface area contributed by atoms with Crippen molar-refractivity contribution in [2.75, 3.05) is 0 Å². The number of rotatable bonds is 2. The largest absolute Gasteiger partial charge is 0.364 e. The number of nitrogens with zero attached hydrogens (tertiary/aromatic N) is 2. The lowest BCUT2D eigenvalue weighted by Gasteiger charge is -2.34. The third-order valence-corrected chi connectivity index (χ3v) is 4.67. The van der Waals surface area contributed by atoms with E-state index >= 15 is 0 Å². The van der Waals surface area contributed by atoms with Gasteiger partial charge in [-0.3, -0.25) is 4.79 Å². The highest BCUT2D eigenvalue weighted by atomic mass is 16.3. The second kappa shape index (κ2) is 4.90. The van der Waals surface area contributed by atoms with E-state index in [4.69, 9.17) is 5.73 Å². The number of nitrogens with two attached hydrogens (primary N) is 1. The van der Waals surface area contributed by atoms with Gasteiger partial charge in [0, 0.05) is 5.69 Å². The zero-order valence-corrected chi connectivity index (χ0v) is 13.1. The molecule has 0 spiro atoms. The van der Waals surface area contributed by atoms with Crippen LogP contribution in [0.3, 0.4) is 0 Å². The number of hydrogen-bond acceptors (Lipinski definition) is 4. The zero-order chi connectivity index (χ0) is 16.1. The van der Waals surface area contributed by atoms with E-state index in [2.05, 4.69) is 35.9 Å². The van der Waals surface area contributed by atoms with Crippen LogP contribution in [0.5, 0.6) is 0 Å². The molecular formula is C16H20N4O2. The lowest BCUT2D eigenvalue weighted by molar-refractivity contribution is 0.0997. The van der Waals surface area contributed by atoms with Gasteiger partial charge < -0.3 is 10.7 Å². The lowest BCUT2D eigenvalue weighted by Crippen LogP contribution is -2.27. The molecule has 2 aromatic heterocycles. The Kier molecular flexibility index (Phi) is 3.27. The first kappa shape index (κ1) is 14.7. The summed E-state index contributed by atoms with van der Waals surface area (Å²) < 4.78 is 0. The fourth-order valence-electron chi connectivity index (χ4n) is 3.26. The number of nitroso groups, excluding NO2 is 1. The van der Waals surface area contributed by atoms with Gasteiger partial charge in [0.15, 0.2) is 5.69 Å². The van der Waals surface area contributed by atoms with E-state index in [9.17, 15) is 9.70 Å². The Morgan fingerprint density at radius 1 is 1.45 bits per heavy atom. The highest BCUT2D eigenvalue weighted by Crippen LogP contribution is 2.39. The molecule has 3 N–H and O–H groups in total. The van der Waals surface area contributed by atoms with E-state index in [1.165, 1.54) is 5.56 Å². The first-order chi connectivity index (χ1) is 10.3. The van der Waals surface area contributed by atoms with E-state index < -0.39 is 5.91 Å². The van der Waals surface area contributed by atoms with E-state index in [-0.39, 0.29) is 16.8 Å². The van der Waals surface area contributed by atoms with Crippen LogP contribution in [0, 0.1) is 16.2 Å². The second-order valence-corrected chi connectivity index (χ2v) is 7.10. The van der Waals surface area contributed by atoms with Gasteiger partial charge in [0.05, 0.1) is 5.52 Å². The fraction of sp³-hybridized carbons (Fsp3) is 0.500. The number of aryl methyl sites for hydroxylation is 1. The summed E-state index contributed by atoms with van der Waals surface area (Å²) in [7, 11) is 0. The number of pyridine rings is 1. The number of carbonyl (C=O) groups excluding carboxylic acids is 1. The molecule has 0 saturated heterocycles. The molecule has 6 nitrogen and oxygen atoms in total. The maximum atomic E-state index is 11.4. The number of amides is 1. The minimum Gasteiger partial charge on any atom is -0.364 e. The molecule has 0 aromatic carbocycles. The van der Waals surface area contributed by atoms with Crippen molar-refractivity contribution in [2.24, 2.45) is 22.2 Å². The van der Waals surface area contributed by atoms with Crippen molar-refractivity contribution >= 4 is 22.6 Å². The highest BCUT2D eigenvalue weighted by molar-refractivity contribution is 6.05. The molecule has 116 valence electrons. The van der Waals surface area contributed by atoms with Gasteiger partial charge in [-0.05, 0) is 47.4 Å². The smallest absolute Gasteiger partial charge is 0.267 e. The average molecular weight is 300 g/mol. The molecule has 1 amide bonds. The van der Waals surface area contributed by atoms with Crippen molar-refractivity contribution < 1.29 is 4.79 Å². The molecule has 22 heavy (non-hydrogen) atoms. The monoisotopic (exact) mass is 300 g/mol. The predicted octanol–water partition coefficient (Wildman–Crippen LogP) is 3.21. The number of H-pyrrole nitrogens is 1. The number of aromatic nitrogens is 2. The van der Waals surface area contributed by atoms with Gasteiger partial charge in [-0.1, -0.05) is 20.8 Å². The number of aromatic amines is 1. The maximum Gasteiger partial charge on any atom is 0.267 e. The van der Waals surface area contributed by atoms with Gasteiger partial charge >= 0.3 is 0 Å². The van der Waals surface area contributed by atoms with Crippen molar-refractivity contribution in [1.82, 2.24) is 9.97 Å². The fourth-order valence-corrected chi connectivity index (χ4v) is 3.26. The predicted molar refractivity (Wildman–Crippen MR) is 85.0 cm³/mol. The third-order valence-electron chi connectivity index (χ3n) is 4.67. The minimum absolute atomic E-state index is 0.0169. The molecular weight excluding hydrogens is 280 g/mol. The molecule has 0 bridgehead atoms. The van der Waals surface area contributed by atoms with Crippen LogP contribution in [-0.4, -0.2) is 15.9 Å². The molecule has 3 rings (SSSR count). The summed E-state index contributed by atoms with van der Waals surface area (Å²) in [5, 5.41) is 2.94. The quantitative estimate of drug-likeness (QED) is 0.832. The number of nitrogens with one attached hydrogen (secondary N) is 1. The van der Waals surface area contributed by atoms with Crippen molar-refractivity contribution in [2.45, 2.75) is 40.0 Å². The van der Waals surface area contributed by atoms with Gasteiger partial charge in [0.25, 0.3) is 5.91 Å². The maximum absolute atomic E-state index is 11.4. The van der Waals surface area contributed by atoms with Crippen molar-refractivity contribution in [3.63, 3.8) is 0 Å². The molecule has 2 heterocycles. The molecule has 0 aliphatic heterocycles. The van der Waals surface area contributed by atoms with E-state index in [1.807, 2.05) is 6.07 Å². The van der Waals surface area contributed by atoms with Crippen LogP contribution in [0.25, 0.3) is 11.0 Å². The highest BCUT2D eigenvalue weighted by Gasteiger charge is 2.30. The first-order valence-electron chi connectivity index (χ1n) is 7.49. The number of fused-ring (bicyclic) bond motifs is 2. The molecule has 0 radical (unpaired) electrons. The van der Waals surface area contributed by atoms with Crippen LogP contribution in [0.4, 0.5) is 5.69 Å².